The van der Waals surface area contributed by atoms with Gasteiger partial charge < -0.3 is 5.32 Å². The van der Waals surface area contributed by atoms with E-state index < -0.39 is 5.82 Å². The Labute approximate surface area is 117 Å². The first-order valence-corrected chi connectivity index (χ1v) is 6.43. The molecule has 98 valence electrons. The van der Waals surface area contributed by atoms with Crippen molar-refractivity contribution in [3.63, 3.8) is 0 Å². The number of carbonyl (C=O) groups excluding carboxylic acids is 1. The molecular weight excluding hydrogens is 261 g/mol. The normalized spacial score (nSPS) is 10.3. The molecule has 0 radical (unpaired) electrons. The monoisotopic (exact) mass is 275 g/mol. The van der Waals surface area contributed by atoms with Crippen LogP contribution in [0.1, 0.15) is 22.8 Å². The molecule has 1 N–H and O–H groups in total. The lowest BCUT2D eigenvalue weighted by Gasteiger charge is -2.07. The summed E-state index contributed by atoms with van der Waals surface area (Å²) >= 11 is 3.96. The van der Waals surface area contributed by atoms with E-state index in [1.165, 1.54) is 23.8 Å². The Balaban J connectivity index is 2.13. The molecule has 0 saturated carbocycles. The molecule has 2 nitrogen and oxygen atoms in total. The standard InChI is InChI=1S/C15H14FNOS/c1-2-10-3-6-12(7-4-10)17-15(18)11-5-8-13(16)14(19)9-11/h3-9,19H,2H2,1H3,(H,17,18). The van der Waals surface area contributed by atoms with Gasteiger partial charge in [0.2, 0.25) is 0 Å². The van der Waals surface area contributed by atoms with E-state index in [0.717, 1.165) is 6.42 Å². The van der Waals surface area contributed by atoms with E-state index in [-0.39, 0.29) is 10.8 Å². The van der Waals surface area contributed by atoms with Crippen LogP contribution in [0.3, 0.4) is 0 Å². The van der Waals surface area contributed by atoms with Crippen LogP contribution in [0, 0.1) is 5.82 Å². The van der Waals surface area contributed by atoms with Crippen LogP contribution in [-0.4, -0.2) is 5.91 Å². The molecular formula is C15H14FNOS. The summed E-state index contributed by atoms with van der Waals surface area (Å²) in [6.07, 6.45) is 0.954. The predicted molar refractivity (Wildman–Crippen MR) is 77.4 cm³/mol. The molecule has 19 heavy (non-hydrogen) atoms. The third-order valence-corrected chi connectivity index (χ3v) is 3.17. The quantitative estimate of drug-likeness (QED) is 0.817. The highest BCUT2D eigenvalue weighted by Gasteiger charge is 2.08. The minimum Gasteiger partial charge on any atom is -0.322 e. The van der Waals surface area contributed by atoms with Gasteiger partial charge in [0.25, 0.3) is 5.91 Å². The van der Waals surface area contributed by atoms with Gasteiger partial charge in [-0.3, -0.25) is 4.79 Å². The third kappa shape index (κ3) is 3.35. The first-order chi connectivity index (χ1) is 9.10. The van der Waals surface area contributed by atoms with Gasteiger partial charge in [-0.2, -0.15) is 0 Å². The van der Waals surface area contributed by atoms with Gasteiger partial charge in [0, 0.05) is 16.1 Å². The number of halogens is 1. The number of thiol groups is 1. The number of nitrogens with one attached hydrogen (secondary N) is 1. The van der Waals surface area contributed by atoms with Gasteiger partial charge in [-0.1, -0.05) is 19.1 Å². The van der Waals surface area contributed by atoms with Crippen LogP contribution < -0.4 is 5.32 Å². The second kappa shape index (κ2) is 5.89. The Hall–Kier alpha value is -1.81. The minimum atomic E-state index is -0.438. The molecule has 0 fully saturated rings. The van der Waals surface area contributed by atoms with Gasteiger partial charge in [0.05, 0.1) is 0 Å². The first-order valence-electron chi connectivity index (χ1n) is 5.99. The fraction of sp³-hybridized carbons (Fsp3) is 0.133. The fourth-order valence-electron chi connectivity index (χ4n) is 1.68. The summed E-state index contributed by atoms with van der Waals surface area (Å²) in [5, 5.41) is 2.76. The van der Waals surface area contributed by atoms with Crippen molar-refractivity contribution in [3.8, 4) is 0 Å². The highest BCUT2D eigenvalue weighted by molar-refractivity contribution is 7.80. The average Bonchev–Trinajstić information content (AvgIpc) is 2.42. The molecule has 2 aromatic carbocycles. The van der Waals surface area contributed by atoms with Crippen LogP contribution >= 0.6 is 12.6 Å². The number of aryl methyl sites for hydroxylation is 1. The maximum absolute atomic E-state index is 13.1. The van der Waals surface area contributed by atoms with Crippen molar-refractivity contribution in [1.29, 1.82) is 0 Å². The SMILES string of the molecule is CCc1ccc(NC(=O)c2ccc(F)c(S)c2)cc1. The summed E-state index contributed by atoms with van der Waals surface area (Å²) in [6.45, 7) is 2.07. The summed E-state index contributed by atoms with van der Waals surface area (Å²) in [5.41, 5.74) is 2.30. The van der Waals surface area contributed by atoms with E-state index in [0.29, 0.717) is 11.3 Å². The van der Waals surface area contributed by atoms with Crippen molar-refractivity contribution >= 4 is 24.2 Å². The summed E-state index contributed by atoms with van der Waals surface area (Å²) in [7, 11) is 0. The van der Waals surface area contributed by atoms with Gasteiger partial charge in [-0.15, -0.1) is 12.6 Å². The Morgan fingerprint density at radius 3 is 2.47 bits per heavy atom. The molecule has 0 saturated heterocycles. The molecule has 0 aliphatic carbocycles. The van der Waals surface area contributed by atoms with Crippen LogP contribution in [0.15, 0.2) is 47.4 Å². The van der Waals surface area contributed by atoms with E-state index in [4.69, 9.17) is 0 Å². The highest BCUT2D eigenvalue weighted by Crippen LogP contribution is 2.16. The second-order valence-corrected chi connectivity index (χ2v) is 4.65. The van der Waals surface area contributed by atoms with E-state index in [9.17, 15) is 9.18 Å². The van der Waals surface area contributed by atoms with Crippen LogP contribution in [0.2, 0.25) is 0 Å². The summed E-state index contributed by atoms with van der Waals surface area (Å²) < 4.78 is 13.1. The van der Waals surface area contributed by atoms with E-state index >= 15 is 0 Å². The van der Waals surface area contributed by atoms with Crippen LogP contribution in [0.4, 0.5) is 10.1 Å². The number of benzene rings is 2. The molecule has 1 amide bonds. The molecule has 0 aromatic heterocycles. The summed E-state index contributed by atoms with van der Waals surface area (Å²) in [4.78, 5) is 12.1. The number of carbonyl (C=O) groups is 1. The number of amides is 1. The first kappa shape index (κ1) is 13.6. The number of anilines is 1. The van der Waals surface area contributed by atoms with Gasteiger partial charge in [0.15, 0.2) is 0 Å². The maximum Gasteiger partial charge on any atom is 0.255 e. The maximum atomic E-state index is 13.1. The molecule has 0 unspecified atom stereocenters. The van der Waals surface area contributed by atoms with E-state index in [1.807, 2.05) is 24.3 Å². The third-order valence-electron chi connectivity index (χ3n) is 2.83. The Kier molecular flexibility index (Phi) is 4.22. The molecule has 4 heteroatoms. The van der Waals surface area contributed by atoms with Gasteiger partial charge in [0.1, 0.15) is 5.82 Å². The van der Waals surface area contributed by atoms with Crippen molar-refractivity contribution in [1.82, 2.24) is 0 Å². The lowest BCUT2D eigenvalue weighted by molar-refractivity contribution is 0.102. The van der Waals surface area contributed by atoms with E-state index in [2.05, 4.69) is 24.9 Å². The average molecular weight is 275 g/mol. The van der Waals surface area contributed by atoms with Crippen molar-refractivity contribution in [2.75, 3.05) is 5.32 Å². The zero-order valence-corrected chi connectivity index (χ0v) is 11.4. The Morgan fingerprint density at radius 1 is 1.21 bits per heavy atom. The molecule has 0 bridgehead atoms. The van der Waals surface area contributed by atoms with E-state index in [1.54, 1.807) is 0 Å². The van der Waals surface area contributed by atoms with Crippen molar-refractivity contribution in [2.45, 2.75) is 18.2 Å². The topological polar surface area (TPSA) is 29.1 Å². The largest absolute Gasteiger partial charge is 0.322 e. The smallest absolute Gasteiger partial charge is 0.255 e. The minimum absolute atomic E-state index is 0.161. The fourth-order valence-corrected chi connectivity index (χ4v) is 1.89. The van der Waals surface area contributed by atoms with Crippen LogP contribution in [-0.2, 0) is 6.42 Å². The Morgan fingerprint density at radius 2 is 1.89 bits per heavy atom. The lowest BCUT2D eigenvalue weighted by atomic mass is 10.1. The molecule has 0 spiro atoms. The molecule has 2 rings (SSSR count). The second-order valence-electron chi connectivity index (χ2n) is 4.17. The summed E-state index contributed by atoms with van der Waals surface area (Å²) in [5.74, 6) is -0.716. The van der Waals surface area contributed by atoms with Crippen LogP contribution in [0.25, 0.3) is 0 Å². The number of rotatable bonds is 3. The lowest BCUT2D eigenvalue weighted by Crippen LogP contribution is -2.12. The van der Waals surface area contributed by atoms with Gasteiger partial charge in [-0.25, -0.2) is 4.39 Å². The Bertz CT molecular complexity index is 596. The van der Waals surface area contributed by atoms with Crippen LogP contribution in [0.5, 0.6) is 0 Å². The molecule has 0 aliphatic rings. The molecule has 0 aliphatic heterocycles. The van der Waals surface area contributed by atoms with Crippen molar-refractivity contribution < 1.29 is 9.18 Å². The highest BCUT2D eigenvalue weighted by atomic mass is 32.1. The predicted octanol–water partition coefficient (Wildman–Crippen LogP) is 3.93. The summed E-state index contributed by atoms with van der Waals surface area (Å²) in [6, 6.07) is 11.7. The molecule has 0 atom stereocenters. The zero-order valence-electron chi connectivity index (χ0n) is 10.5. The van der Waals surface area contributed by atoms with Crippen molar-refractivity contribution in [3.05, 3.63) is 59.4 Å². The van der Waals surface area contributed by atoms with Gasteiger partial charge in [-0.05, 0) is 42.3 Å². The molecule has 0 heterocycles. The number of hydrogen-bond acceptors (Lipinski definition) is 2. The van der Waals surface area contributed by atoms with Gasteiger partial charge >= 0.3 is 0 Å². The molecule has 2 aromatic rings. The number of hydrogen-bond donors (Lipinski definition) is 2. The zero-order chi connectivity index (χ0) is 13.8. The van der Waals surface area contributed by atoms with Crippen molar-refractivity contribution in [2.24, 2.45) is 0 Å².